The molecule has 0 spiro atoms. The molecule has 1 unspecified atom stereocenters. The van der Waals surface area contributed by atoms with E-state index in [-0.39, 0.29) is 12.6 Å². The van der Waals surface area contributed by atoms with Gasteiger partial charge < -0.3 is 19.5 Å². The minimum Gasteiger partial charge on any atom is -0.493 e. The maximum Gasteiger partial charge on any atom is 0.491 e. The summed E-state index contributed by atoms with van der Waals surface area (Å²) >= 11 is 0. The quantitative estimate of drug-likeness (QED) is 0.776. The van der Waals surface area contributed by atoms with Crippen LogP contribution < -0.4 is 19.5 Å². The van der Waals surface area contributed by atoms with Crippen LogP contribution in [0.15, 0.2) is 42.5 Å². The molecule has 0 radical (unpaired) electrons. The molecule has 2 aliphatic rings. The zero-order valence-corrected chi connectivity index (χ0v) is 15.7. The molecule has 2 aromatic carbocycles. The minimum absolute atomic E-state index is 0.194. The summed E-state index contributed by atoms with van der Waals surface area (Å²) in [4.78, 5) is 7.04. The van der Waals surface area contributed by atoms with Crippen LogP contribution in [0.1, 0.15) is 17.9 Å². The zero-order valence-electron chi connectivity index (χ0n) is 14.7. The number of fused-ring (bicyclic) bond motifs is 1. The fourth-order valence-electron chi connectivity index (χ4n) is 3.42. The summed E-state index contributed by atoms with van der Waals surface area (Å²) in [5.41, 5.74) is 1.18. The zero-order chi connectivity index (χ0) is 19.1. The number of hydrogen-bond acceptors (Lipinski definition) is 5. The van der Waals surface area contributed by atoms with Crippen LogP contribution in [0.25, 0.3) is 0 Å². The lowest BCUT2D eigenvalue weighted by atomic mass is 9.81. The number of benzene rings is 2. The minimum atomic E-state index is -1.17. The maximum absolute atomic E-state index is 13.2. The Balaban J connectivity index is 0.000000659. The number of ether oxygens (including phenoxy) is 3. The molecule has 4 rings (SSSR count). The topological polar surface area (TPSA) is 77.0 Å². The predicted molar refractivity (Wildman–Crippen MR) is 99.4 cm³/mol. The van der Waals surface area contributed by atoms with Gasteiger partial charge in [0, 0.05) is 18.5 Å². The van der Waals surface area contributed by atoms with Gasteiger partial charge in [0.05, 0.1) is 6.61 Å². The van der Waals surface area contributed by atoms with Crippen molar-refractivity contribution in [2.24, 2.45) is 5.92 Å². The van der Waals surface area contributed by atoms with Crippen LogP contribution in [0, 0.1) is 11.7 Å². The molecule has 6 nitrogen and oxygen atoms in total. The molecule has 1 fully saturated rings. The van der Waals surface area contributed by atoms with Crippen molar-refractivity contribution >= 4 is 8.69 Å². The van der Waals surface area contributed by atoms with E-state index in [4.69, 9.17) is 23.7 Å². The number of halogens is 1. The third kappa shape index (κ3) is 5.16. The van der Waals surface area contributed by atoms with Crippen molar-refractivity contribution in [2.45, 2.75) is 12.3 Å². The molecule has 2 N–H and O–H groups in total. The molecule has 0 bridgehead atoms. The van der Waals surface area contributed by atoms with E-state index in [1.165, 1.54) is 17.7 Å². The number of rotatable bonds is 4. The van der Waals surface area contributed by atoms with E-state index in [1.54, 1.807) is 0 Å². The van der Waals surface area contributed by atoms with Crippen molar-refractivity contribution < 1.29 is 28.1 Å². The lowest BCUT2D eigenvalue weighted by Gasteiger charge is -2.32. The molecular formula is C19H22FNO5P+. The standard InChI is InChI=1S/C19H20FNO3.HO2P/c20-15-3-1-13(2-4-15)17-7-8-21-10-14(17)11-22-16-5-6-18-19(9-16)24-12-23-18;1-3-2/h1-6,9,14,17,21H,7-8,10-12H2;3H/p+1/t14-,17-;/m0./s1. The monoisotopic (exact) mass is 394 g/mol. The van der Waals surface area contributed by atoms with Gasteiger partial charge in [-0.2, -0.15) is 4.89 Å². The van der Waals surface area contributed by atoms with Gasteiger partial charge in [-0.15, -0.1) is 0 Å². The summed E-state index contributed by atoms with van der Waals surface area (Å²) < 4.78 is 38.4. The van der Waals surface area contributed by atoms with Crippen LogP contribution in [0.5, 0.6) is 17.2 Å². The summed E-state index contributed by atoms with van der Waals surface area (Å²) in [7, 11) is -1.17. The normalized spacial score (nSPS) is 20.7. The first-order valence-electron chi connectivity index (χ1n) is 8.71. The molecule has 2 heterocycles. The summed E-state index contributed by atoms with van der Waals surface area (Å²) in [5, 5.41) is 3.43. The Morgan fingerprint density at radius 2 is 1.93 bits per heavy atom. The Bertz CT molecular complexity index is 758. The lowest BCUT2D eigenvalue weighted by molar-refractivity contribution is 0.173. The van der Waals surface area contributed by atoms with Gasteiger partial charge in [-0.1, -0.05) is 12.1 Å². The third-order valence-electron chi connectivity index (χ3n) is 4.71. The van der Waals surface area contributed by atoms with Crippen LogP contribution >= 0.6 is 8.69 Å². The Morgan fingerprint density at radius 3 is 2.70 bits per heavy atom. The molecule has 8 heteroatoms. The van der Waals surface area contributed by atoms with Crippen LogP contribution in [0.3, 0.4) is 0 Å². The van der Waals surface area contributed by atoms with E-state index in [1.807, 2.05) is 30.3 Å². The second-order valence-electron chi connectivity index (χ2n) is 6.33. The highest BCUT2D eigenvalue weighted by atomic mass is 31.1. The second kappa shape index (κ2) is 9.65. The molecule has 1 saturated heterocycles. The smallest absolute Gasteiger partial charge is 0.491 e. The molecule has 0 amide bonds. The van der Waals surface area contributed by atoms with Crippen LogP contribution in [0.4, 0.5) is 4.39 Å². The molecule has 3 atom stereocenters. The van der Waals surface area contributed by atoms with Crippen LogP contribution in [-0.4, -0.2) is 31.4 Å². The number of piperidine rings is 1. The summed E-state index contributed by atoms with van der Waals surface area (Å²) in [6.45, 7) is 2.74. The van der Waals surface area contributed by atoms with E-state index in [0.29, 0.717) is 18.4 Å². The van der Waals surface area contributed by atoms with Crippen molar-refractivity contribution in [3.05, 3.63) is 53.8 Å². The SMILES string of the molecule is Fc1ccc([C@@H]2CCNC[C@H]2COc2ccc3c(c2)OCO3)cc1.O=[PH+]O. The van der Waals surface area contributed by atoms with Gasteiger partial charge in [0.2, 0.25) is 6.79 Å². The average Bonchev–Trinajstić information content (AvgIpc) is 3.16. The van der Waals surface area contributed by atoms with E-state index < -0.39 is 8.69 Å². The third-order valence-corrected chi connectivity index (χ3v) is 4.71. The molecule has 2 aromatic rings. The average molecular weight is 394 g/mol. The lowest BCUT2D eigenvalue weighted by Crippen LogP contribution is -2.38. The highest BCUT2D eigenvalue weighted by Gasteiger charge is 2.27. The summed E-state index contributed by atoms with van der Waals surface area (Å²) in [5.74, 6) is 2.79. The molecule has 2 aliphatic heterocycles. The van der Waals surface area contributed by atoms with Gasteiger partial charge in [-0.3, -0.25) is 0 Å². The van der Waals surface area contributed by atoms with E-state index in [0.717, 1.165) is 36.8 Å². The van der Waals surface area contributed by atoms with Gasteiger partial charge in [0.1, 0.15) is 11.6 Å². The van der Waals surface area contributed by atoms with Gasteiger partial charge in [-0.05, 0) is 53.3 Å². The van der Waals surface area contributed by atoms with Crippen molar-refractivity contribution in [2.75, 3.05) is 26.5 Å². The van der Waals surface area contributed by atoms with E-state index in [9.17, 15) is 4.39 Å². The highest BCUT2D eigenvalue weighted by molar-refractivity contribution is 7.16. The van der Waals surface area contributed by atoms with Crippen molar-refractivity contribution in [3.8, 4) is 17.2 Å². The first kappa shape index (κ1) is 19.5. The van der Waals surface area contributed by atoms with Crippen LogP contribution in [0.2, 0.25) is 0 Å². The molecule has 0 aliphatic carbocycles. The van der Waals surface area contributed by atoms with Crippen LogP contribution in [-0.2, 0) is 4.57 Å². The molecule has 27 heavy (non-hydrogen) atoms. The Morgan fingerprint density at radius 1 is 1.19 bits per heavy atom. The van der Waals surface area contributed by atoms with Crippen molar-refractivity contribution in [3.63, 3.8) is 0 Å². The van der Waals surface area contributed by atoms with E-state index >= 15 is 0 Å². The van der Waals surface area contributed by atoms with Crippen molar-refractivity contribution in [1.29, 1.82) is 0 Å². The van der Waals surface area contributed by atoms with Gasteiger partial charge in [0.25, 0.3) is 0 Å². The first-order valence-corrected chi connectivity index (χ1v) is 9.56. The molecule has 144 valence electrons. The fourth-order valence-corrected chi connectivity index (χ4v) is 3.42. The van der Waals surface area contributed by atoms with Gasteiger partial charge in [-0.25, -0.2) is 4.39 Å². The molecule has 0 saturated carbocycles. The van der Waals surface area contributed by atoms with Gasteiger partial charge >= 0.3 is 8.69 Å². The first-order chi connectivity index (χ1) is 13.2. The summed E-state index contributed by atoms with van der Waals surface area (Å²) in [6.07, 6.45) is 1.03. The van der Waals surface area contributed by atoms with Gasteiger partial charge in [0.15, 0.2) is 11.5 Å². The molecular weight excluding hydrogens is 372 g/mol. The Labute approximate surface area is 158 Å². The summed E-state index contributed by atoms with van der Waals surface area (Å²) in [6, 6.07) is 12.5. The number of hydrogen-bond donors (Lipinski definition) is 2. The fraction of sp³-hybridized carbons (Fsp3) is 0.368. The molecule has 0 aromatic heterocycles. The predicted octanol–water partition coefficient (Wildman–Crippen LogP) is 3.24. The second-order valence-corrected chi connectivity index (χ2v) is 6.51. The maximum atomic E-state index is 13.2. The largest absolute Gasteiger partial charge is 0.493 e. The Kier molecular flexibility index (Phi) is 6.98. The van der Waals surface area contributed by atoms with E-state index in [2.05, 4.69) is 5.32 Å². The number of nitrogens with one attached hydrogen (secondary N) is 1. The Hall–Kier alpha value is -2.21. The highest BCUT2D eigenvalue weighted by Crippen LogP contribution is 2.36. The van der Waals surface area contributed by atoms with Crippen molar-refractivity contribution in [1.82, 2.24) is 5.32 Å².